The quantitative estimate of drug-likeness (QED) is 0.811. The third kappa shape index (κ3) is 3.71. The topological polar surface area (TPSA) is 50.7 Å². The molecule has 0 amide bonds. The van der Waals surface area contributed by atoms with E-state index < -0.39 is 5.60 Å². The van der Waals surface area contributed by atoms with E-state index in [1.165, 1.54) is 5.56 Å². The van der Waals surface area contributed by atoms with E-state index in [0.717, 1.165) is 35.3 Å². The second-order valence-electron chi connectivity index (χ2n) is 6.80. The molecule has 0 fully saturated rings. The highest BCUT2D eigenvalue weighted by Crippen LogP contribution is 2.36. The predicted molar refractivity (Wildman–Crippen MR) is 98.8 cm³/mol. The van der Waals surface area contributed by atoms with Crippen molar-refractivity contribution in [3.63, 3.8) is 0 Å². The summed E-state index contributed by atoms with van der Waals surface area (Å²) in [4.78, 5) is 0. The number of fused-ring (bicyclic) bond motifs is 1. The van der Waals surface area contributed by atoms with Gasteiger partial charge in [0.15, 0.2) is 0 Å². The van der Waals surface area contributed by atoms with Gasteiger partial charge in [0, 0.05) is 25.3 Å². The standard InChI is InChI=1S/C21H27NO3/c1-15(17-8-9-20(25-3)18(12-17)13-24-2)22-14-21(23)11-10-16-6-4-5-7-19(16)21/h4-9,12,15,22-23H,10-11,13-14H2,1-3H3. The van der Waals surface area contributed by atoms with Gasteiger partial charge in [-0.2, -0.15) is 0 Å². The van der Waals surface area contributed by atoms with Crippen molar-refractivity contribution in [1.29, 1.82) is 0 Å². The van der Waals surface area contributed by atoms with Crippen LogP contribution >= 0.6 is 0 Å². The molecule has 2 unspecified atom stereocenters. The summed E-state index contributed by atoms with van der Waals surface area (Å²) in [5.74, 6) is 0.834. The van der Waals surface area contributed by atoms with Crippen molar-refractivity contribution in [3.8, 4) is 5.75 Å². The molecule has 2 N–H and O–H groups in total. The lowest BCUT2D eigenvalue weighted by Gasteiger charge is -2.27. The van der Waals surface area contributed by atoms with Crippen LogP contribution in [-0.2, 0) is 23.4 Å². The van der Waals surface area contributed by atoms with Crippen LogP contribution in [-0.4, -0.2) is 25.9 Å². The largest absolute Gasteiger partial charge is 0.496 e. The van der Waals surface area contributed by atoms with Gasteiger partial charge in [-0.05, 0) is 48.6 Å². The Kier molecular flexibility index (Phi) is 5.42. The van der Waals surface area contributed by atoms with Crippen molar-refractivity contribution in [2.75, 3.05) is 20.8 Å². The molecule has 0 aromatic heterocycles. The number of ether oxygens (including phenoxy) is 2. The number of nitrogens with one attached hydrogen (secondary N) is 1. The van der Waals surface area contributed by atoms with Gasteiger partial charge in [-0.15, -0.1) is 0 Å². The molecular formula is C21H27NO3. The number of rotatable bonds is 7. The molecule has 2 aromatic carbocycles. The van der Waals surface area contributed by atoms with Crippen LogP contribution in [0.4, 0.5) is 0 Å². The lowest BCUT2D eigenvalue weighted by Crippen LogP contribution is -2.37. The summed E-state index contributed by atoms with van der Waals surface area (Å²) in [5.41, 5.74) is 3.71. The van der Waals surface area contributed by atoms with E-state index in [9.17, 15) is 5.11 Å². The molecule has 134 valence electrons. The minimum absolute atomic E-state index is 0.123. The van der Waals surface area contributed by atoms with Crippen LogP contribution in [0.2, 0.25) is 0 Å². The SMILES string of the molecule is COCc1cc(C(C)NCC2(O)CCc3ccccc32)ccc1OC. The maximum absolute atomic E-state index is 11.1. The Hall–Kier alpha value is -1.88. The minimum atomic E-state index is -0.785. The van der Waals surface area contributed by atoms with Crippen LogP contribution in [0.25, 0.3) is 0 Å². The van der Waals surface area contributed by atoms with Crippen LogP contribution in [0.15, 0.2) is 42.5 Å². The average molecular weight is 341 g/mol. The summed E-state index contributed by atoms with van der Waals surface area (Å²) >= 11 is 0. The fourth-order valence-corrected chi connectivity index (χ4v) is 3.63. The first-order valence-electron chi connectivity index (χ1n) is 8.77. The second kappa shape index (κ2) is 7.56. The third-order valence-electron chi connectivity index (χ3n) is 5.13. The fourth-order valence-electron chi connectivity index (χ4n) is 3.63. The highest BCUT2D eigenvalue weighted by atomic mass is 16.5. The summed E-state index contributed by atoms with van der Waals surface area (Å²) in [5, 5.41) is 14.6. The van der Waals surface area contributed by atoms with Crippen molar-refractivity contribution in [1.82, 2.24) is 5.32 Å². The Morgan fingerprint density at radius 3 is 2.76 bits per heavy atom. The first kappa shape index (κ1) is 17.9. The number of aryl methyl sites for hydroxylation is 1. The molecule has 3 rings (SSSR count). The number of methoxy groups -OCH3 is 2. The Morgan fingerprint density at radius 2 is 2.00 bits per heavy atom. The molecule has 2 aromatic rings. The normalized spacial score (nSPS) is 20.3. The first-order chi connectivity index (χ1) is 12.1. The molecule has 1 aliphatic carbocycles. The summed E-state index contributed by atoms with van der Waals surface area (Å²) < 4.78 is 10.6. The van der Waals surface area contributed by atoms with Crippen molar-refractivity contribution in [2.24, 2.45) is 0 Å². The van der Waals surface area contributed by atoms with Crippen molar-refractivity contribution in [3.05, 3.63) is 64.7 Å². The smallest absolute Gasteiger partial charge is 0.124 e. The Labute approximate surface area is 149 Å². The number of hydrogen-bond acceptors (Lipinski definition) is 4. The summed E-state index contributed by atoms with van der Waals surface area (Å²) in [6.45, 7) is 3.17. The van der Waals surface area contributed by atoms with Crippen molar-refractivity contribution in [2.45, 2.75) is 38.0 Å². The van der Waals surface area contributed by atoms with E-state index in [0.29, 0.717) is 13.2 Å². The molecule has 0 bridgehead atoms. The van der Waals surface area contributed by atoms with Crippen LogP contribution in [0, 0.1) is 0 Å². The number of aliphatic hydroxyl groups is 1. The van der Waals surface area contributed by atoms with Crippen LogP contribution in [0.5, 0.6) is 5.75 Å². The van der Waals surface area contributed by atoms with E-state index in [4.69, 9.17) is 9.47 Å². The zero-order valence-electron chi connectivity index (χ0n) is 15.2. The minimum Gasteiger partial charge on any atom is -0.496 e. The molecule has 25 heavy (non-hydrogen) atoms. The fraction of sp³-hybridized carbons (Fsp3) is 0.429. The zero-order chi connectivity index (χ0) is 17.9. The Morgan fingerprint density at radius 1 is 1.20 bits per heavy atom. The van der Waals surface area contributed by atoms with E-state index >= 15 is 0 Å². The van der Waals surface area contributed by atoms with Gasteiger partial charge in [-0.3, -0.25) is 0 Å². The molecule has 1 aliphatic rings. The molecule has 4 nitrogen and oxygen atoms in total. The van der Waals surface area contributed by atoms with E-state index in [2.05, 4.69) is 30.4 Å². The Balaban J connectivity index is 1.71. The second-order valence-corrected chi connectivity index (χ2v) is 6.80. The molecular weight excluding hydrogens is 314 g/mol. The average Bonchev–Trinajstić information content (AvgIpc) is 2.98. The van der Waals surface area contributed by atoms with Gasteiger partial charge in [0.05, 0.1) is 13.7 Å². The molecule has 2 atom stereocenters. The zero-order valence-corrected chi connectivity index (χ0v) is 15.2. The molecule has 4 heteroatoms. The Bertz CT molecular complexity index is 731. The molecule has 0 radical (unpaired) electrons. The number of hydrogen-bond donors (Lipinski definition) is 2. The predicted octanol–water partition coefficient (Wildman–Crippen LogP) is 3.33. The summed E-state index contributed by atoms with van der Waals surface area (Å²) in [6, 6.07) is 14.4. The van der Waals surface area contributed by atoms with Gasteiger partial charge >= 0.3 is 0 Å². The highest BCUT2D eigenvalue weighted by molar-refractivity contribution is 5.39. The number of benzene rings is 2. The van der Waals surface area contributed by atoms with E-state index in [1.807, 2.05) is 24.3 Å². The van der Waals surface area contributed by atoms with E-state index in [-0.39, 0.29) is 6.04 Å². The molecule has 0 saturated heterocycles. The van der Waals surface area contributed by atoms with Crippen LogP contribution in [0.1, 0.15) is 41.6 Å². The van der Waals surface area contributed by atoms with Gasteiger partial charge in [-0.25, -0.2) is 0 Å². The summed E-state index contributed by atoms with van der Waals surface area (Å²) in [7, 11) is 3.35. The lowest BCUT2D eigenvalue weighted by molar-refractivity contribution is 0.0363. The van der Waals surface area contributed by atoms with Gasteiger partial charge in [-0.1, -0.05) is 30.3 Å². The van der Waals surface area contributed by atoms with Crippen molar-refractivity contribution < 1.29 is 14.6 Å². The van der Waals surface area contributed by atoms with Gasteiger partial charge in [0.1, 0.15) is 11.4 Å². The van der Waals surface area contributed by atoms with Gasteiger partial charge in [0.25, 0.3) is 0 Å². The van der Waals surface area contributed by atoms with Crippen molar-refractivity contribution >= 4 is 0 Å². The maximum atomic E-state index is 11.1. The lowest BCUT2D eigenvalue weighted by atomic mass is 9.95. The monoisotopic (exact) mass is 341 g/mol. The van der Waals surface area contributed by atoms with Crippen LogP contribution in [0.3, 0.4) is 0 Å². The molecule has 0 saturated carbocycles. The molecule has 0 heterocycles. The summed E-state index contributed by atoms with van der Waals surface area (Å²) in [6.07, 6.45) is 1.70. The molecule has 0 aliphatic heterocycles. The van der Waals surface area contributed by atoms with Gasteiger partial charge < -0.3 is 19.9 Å². The van der Waals surface area contributed by atoms with Gasteiger partial charge in [0.2, 0.25) is 0 Å². The molecule has 0 spiro atoms. The maximum Gasteiger partial charge on any atom is 0.124 e. The van der Waals surface area contributed by atoms with E-state index in [1.54, 1.807) is 14.2 Å². The third-order valence-corrected chi connectivity index (χ3v) is 5.13. The van der Waals surface area contributed by atoms with Crippen LogP contribution < -0.4 is 10.1 Å². The highest BCUT2D eigenvalue weighted by Gasteiger charge is 2.36. The first-order valence-corrected chi connectivity index (χ1v) is 8.77.